The molecule has 148 valence electrons. The fourth-order valence-corrected chi connectivity index (χ4v) is 3.91. The van der Waals surface area contributed by atoms with E-state index in [2.05, 4.69) is 9.88 Å². The molecule has 1 fully saturated rings. The molecule has 0 radical (unpaired) electrons. The number of carbonyl (C=O) groups is 2. The first kappa shape index (κ1) is 19.9. The zero-order valence-corrected chi connectivity index (χ0v) is 17.1. The molecule has 0 atom stereocenters. The Balaban J connectivity index is 1.68. The number of anilines is 2. The van der Waals surface area contributed by atoms with Crippen molar-refractivity contribution in [3.63, 3.8) is 0 Å². The highest BCUT2D eigenvalue weighted by Gasteiger charge is 2.26. The molecule has 1 aromatic carbocycles. The van der Waals surface area contributed by atoms with Gasteiger partial charge in [-0.2, -0.15) is 0 Å². The van der Waals surface area contributed by atoms with Crippen LogP contribution in [0.5, 0.6) is 0 Å². The largest absolute Gasteiger partial charge is 0.353 e. The molecule has 0 bridgehead atoms. The van der Waals surface area contributed by atoms with E-state index in [0.29, 0.717) is 13.1 Å². The summed E-state index contributed by atoms with van der Waals surface area (Å²) in [4.78, 5) is 35.3. The standard InChI is InChI=1S/C22H28N4O2/c1-16-13-17(2)22(18(3)14-16)26(19(4)27)15-21(28)25-11-9-24(10-12-25)20-7-5-6-8-23-20/h5-8,13-14H,9-12,15H2,1-4H3. The van der Waals surface area contributed by atoms with Crippen LogP contribution in [0.1, 0.15) is 23.6 Å². The summed E-state index contributed by atoms with van der Waals surface area (Å²) in [7, 11) is 0. The number of nitrogens with zero attached hydrogens (tertiary/aromatic N) is 4. The number of rotatable bonds is 4. The second kappa shape index (κ2) is 8.42. The summed E-state index contributed by atoms with van der Waals surface area (Å²) in [5.41, 5.74) is 4.03. The lowest BCUT2D eigenvalue weighted by Gasteiger charge is -2.36. The van der Waals surface area contributed by atoms with Gasteiger partial charge in [0.1, 0.15) is 12.4 Å². The van der Waals surface area contributed by atoms with E-state index >= 15 is 0 Å². The molecule has 1 aromatic heterocycles. The van der Waals surface area contributed by atoms with Crippen molar-refractivity contribution in [2.24, 2.45) is 0 Å². The van der Waals surface area contributed by atoms with Crippen molar-refractivity contribution in [3.8, 4) is 0 Å². The minimum Gasteiger partial charge on any atom is -0.353 e. The molecule has 0 spiro atoms. The van der Waals surface area contributed by atoms with Gasteiger partial charge in [-0.25, -0.2) is 4.98 Å². The Hall–Kier alpha value is -2.89. The smallest absolute Gasteiger partial charge is 0.242 e. The second-order valence-electron chi connectivity index (χ2n) is 7.41. The van der Waals surface area contributed by atoms with Crippen LogP contribution < -0.4 is 9.80 Å². The second-order valence-corrected chi connectivity index (χ2v) is 7.41. The van der Waals surface area contributed by atoms with Crippen LogP contribution in [0.2, 0.25) is 0 Å². The summed E-state index contributed by atoms with van der Waals surface area (Å²) in [6.45, 7) is 10.3. The van der Waals surface area contributed by atoms with Crippen LogP contribution in [0, 0.1) is 20.8 Å². The Kier molecular flexibility index (Phi) is 5.97. The number of carbonyl (C=O) groups excluding carboxylic acids is 2. The van der Waals surface area contributed by atoms with E-state index in [1.807, 2.05) is 56.0 Å². The number of aryl methyl sites for hydroxylation is 3. The summed E-state index contributed by atoms with van der Waals surface area (Å²) < 4.78 is 0. The van der Waals surface area contributed by atoms with Crippen molar-refractivity contribution >= 4 is 23.3 Å². The zero-order valence-electron chi connectivity index (χ0n) is 17.1. The van der Waals surface area contributed by atoms with E-state index < -0.39 is 0 Å². The van der Waals surface area contributed by atoms with Crippen molar-refractivity contribution in [3.05, 3.63) is 53.2 Å². The van der Waals surface area contributed by atoms with Crippen LogP contribution in [-0.2, 0) is 9.59 Å². The molecule has 2 amide bonds. The van der Waals surface area contributed by atoms with Crippen molar-refractivity contribution in [2.75, 3.05) is 42.5 Å². The molecule has 6 heteroatoms. The number of pyridine rings is 1. The Morgan fingerprint density at radius 1 is 1.04 bits per heavy atom. The van der Waals surface area contributed by atoms with Gasteiger partial charge in [0.15, 0.2) is 0 Å². The third kappa shape index (κ3) is 4.32. The van der Waals surface area contributed by atoms with E-state index in [1.165, 1.54) is 6.92 Å². The third-order valence-electron chi connectivity index (χ3n) is 5.18. The number of benzene rings is 1. The van der Waals surface area contributed by atoms with Gasteiger partial charge >= 0.3 is 0 Å². The highest BCUT2D eigenvalue weighted by Crippen LogP contribution is 2.26. The lowest BCUT2D eigenvalue weighted by molar-refractivity contribution is -0.131. The molecule has 1 aliphatic rings. The van der Waals surface area contributed by atoms with Crippen LogP contribution in [0.15, 0.2) is 36.5 Å². The van der Waals surface area contributed by atoms with Crippen molar-refractivity contribution in [2.45, 2.75) is 27.7 Å². The molecule has 6 nitrogen and oxygen atoms in total. The highest BCUT2D eigenvalue weighted by atomic mass is 16.2. The molecular weight excluding hydrogens is 352 g/mol. The van der Waals surface area contributed by atoms with Crippen LogP contribution in [0.3, 0.4) is 0 Å². The van der Waals surface area contributed by atoms with Crippen molar-refractivity contribution in [1.29, 1.82) is 0 Å². The minimum absolute atomic E-state index is 0.0183. The Bertz CT molecular complexity index is 835. The molecular formula is C22H28N4O2. The average Bonchev–Trinajstić information content (AvgIpc) is 2.67. The predicted molar refractivity (Wildman–Crippen MR) is 112 cm³/mol. The van der Waals surface area contributed by atoms with Crippen molar-refractivity contribution < 1.29 is 9.59 Å². The molecule has 2 heterocycles. The van der Waals surface area contributed by atoms with Crippen LogP contribution >= 0.6 is 0 Å². The summed E-state index contributed by atoms with van der Waals surface area (Å²) in [6.07, 6.45) is 1.78. The molecule has 2 aromatic rings. The molecule has 1 aliphatic heterocycles. The Labute approximate surface area is 166 Å². The maximum absolute atomic E-state index is 12.9. The van der Waals surface area contributed by atoms with Crippen LogP contribution in [0.25, 0.3) is 0 Å². The Morgan fingerprint density at radius 2 is 1.68 bits per heavy atom. The molecule has 0 N–H and O–H groups in total. The van der Waals surface area contributed by atoms with E-state index in [1.54, 1.807) is 11.1 Å². The van der Waals surface area contributed by atoms with Gasteiger partial charge in [-0.05, 0) is 44.0 Å². The topological polar surface area (TPSA) is 56.8 Å². The lowest BCUT2D eigenvalue weighted by atomic mass is 10.0. The third-order valence-corrected chi connectivity index (χ3v) is 5.18. The zero-order chi connectivity index (χ0) is 20.3. The van der Waals surface area contributed by atoms with Crippen LogP contribution in [-0.4, -0.2) is 54.4 Å². The first-order chi connectivity index (χ1) is 13.4. The number of hydrogen-bond donors (Lipinski definition) is 0. The fraction of sp³-hybridized carbons (Fsp3) is 0.409. The van der Waals surface area contributed by atoms with Gasteiger partial charge in [-0.1, -0.05) is 23.8 Å². The molecule has 1 saturated heterocycles. The van der Waals surface area contributed by atoms with E-state index in [4.69, 9.17) is 0 Å². The average molecular weight is 380 g/mol. The molecule has 0 aliphatic carbocycles. The first-order valence-electron chi connectivity index (χ1n) is 9.66. The van der Waals surface area contributed by atoms with E-state index in [-0.39, 0.29) is 18.4 Å². The summed E-state index contributed by atoms with van der Waals surface area (Å²) >= 11 is 0. The SMILES string of the molecule is CC(=O)N(CC(=O)N1CCN(c2ccccn2)CC1)c1c(C)cc(C)cc1C. The van der Waals surface area contributed by atoms with Crippen LogP contribution in [0.4, 0.5) is 11.5 Å². The monoisotopic (exact) mass is 380 g/mol. The maximum Gasteiger partial charge on any atom is 0.242 e. The van der Waals surface area contributed by atoms with Gasteiger partial charge in [0.05, 0.1) is 5.69 Å². The molecule has 28 heavy (non-hydrogen) atoms. The normalized spacial score (nSPS) is 14.1. The maximum atomic E-state index is 12.9. The van der Waals surface area contributed by atoms with E-state index in [0.717, 1.165) is 41.3 Å². The number of amides is 2. The van der Waals surface area contributed by atoms with Gasteiger partial charge in [-0.15, -0.1) is 0 Å². The Morgan fingerprint density at radius 3 is 2.21 bits per heavy atom. The van der Waals surface area contributed by atoms with Gasteiger partial charge in [0.2, 0.25) is 11.8 Å². The lowest BCUT2D eigenvalue weighted by Crippen LogP contribution is -2.52. The summed E-state index contributed by atoms with van der Waals surface area (Å²) in [5.74, 6) is 0.802. The predicted octanol–water partition coefficient (Wildman–Crippen LogP) is 2.71. The molecule has 3 rings (SSSR count). The highest BCUT2D eigenvalue weighted by molar-refractivity contribution is 5.98. The number of piperazine rings is 1. The van der Waals surface area contributed by atoms with Crippen molar-refractivity contribution in [1.82, 2.24) is 9.88 Å². The van der Waals surface area contributed by atoms with E-state index in [9.17, 15) is 9.59 Å². The van der Waals surface area contributed by atoms with Gasteiger partial charge in [-0.3, -0.25) is 9.59 Å². The minimum atomic E-state index is -0.115. The summed E-state index contributed by atoms with van der Waals surface area (Å²) in [5, 5.41) is 0. The fourth-order valence-electron chi connectivity index (χ4n) is 3.91. The van der Waals surface area contributed by atoms with Gasteiger partial charge < -0.3 is 14.7 Å². The number of hydrogen-bond acceptors (Lipinski definition) is 4. The molecule has 0 unspecified atom stereocenters. The number of aromatic nitrogens is 1. The first-order valence-corrected chi connectivity index (χ1v) is 9.66. The molecule has 0 saturated carbocycles. The van der Waals surface area contributed by atoms with Gasteiger partial charge in [0, 0.05) is 39.3 Å². The quantitative estimate of drug-likeness (QED) is 0.818. The summed E-state index contributed by atoms with van der Waals surface area (Å²) in [6, 6.07) is 9.95. The van der Waals surface area contributed by atoms with Gasteiger partial charge in [0.25, 0.3) is 0 Å².